The molecule has 0 unspecified atom stereocenters. The molecule has 1 fully saturated rings. The minimum atomic E-state index is 0.512. The zero-order chi connectivity index (χ0) is 13.1. The summed E-state index contributed by atoms with van der Waals surface area (Å²) >= 11 is 1.42. The summed E-state index contributed by atoms with van der Waals surface area (Å²) in [5.41, 5.74) is 7.95. The third-order valence-electron chi connectivity index (χ3n) is 3.26. The minimum Gasteiger partial charge on any atom is -0.374 e. The fourth-order valence-corrected chi connectivity index (χ4v) is 2.89. The second-order valence-electron chi connectivity index (χ2n) is 4.58. The fourth-order valence-electron chi connectivity index (χ4n) is 2.27. The van der Waals surface area contributed by atoms with Gasteiger partial charge in [-0.1, -0.05) is 11.3 Å². The molecule has 1 saturated heterocycles. The second kappa shape index (κ2) is 5.54. The normalized spacial score (nSPS) is 16.3. The van der Waals surface area contributed by atoms with E-state index in [1.54, 1.807) is 0 Å². The van der Waals surface area contributed by atoms with Crippen molar-refractivity contribution >= 4 is 22.2 Å². The van der Waals surface area contributed by atoms with E-state index in [9.17, 15) is 0 Å². The Bertz CT molecular complexity index is 528. The average molecular weight is 275 g/mol. The van der Waals surface area contributed by atoms with Crippen LogP contribution < -0.4 is 16.0 Å². The molecule has 2 aromatic rings. The first-order valence-electron chi connectivity index (χ1n) is 6.48. The van der Waals surface area contributed by atoms with E-state index in [1.165, 1.54) is 23.4 Å². The Kier molecular flexibility index (Phi) is 3.61. The van der Waals surface area contributed by atoms with Crippen LogP contribution in [0.15, 0.2) is 24.3 Å². The number of benzene rings is 1. The summed E-state index contributed by atoms with van der Waals surface area (Å²) in [5.74, 6) is 0. The Morgan fingerprint density at radius 1 is 1.11 bits per heavy atom. The van der Waals surface area contributed by atoms with Crippen LogP contribution in [0.1, 0.15) is 6.42 Å². The molecule has 0 amide bonds. The highest BCUT2D eigenvalue weighted by Crippen LogP contribution is 2.26. The van der Waals surface area contributed by atoms with Crippen LogP contribution in [0.4, 0.5) is 10.8 Å². The van der Waals surface area contributed by atoms with Crippen molar-refractivity contribution in [3.05, 3.63) is 24.3 Å². The topological polar surface area (TPSA) is 67.1 Å². The number of hydrogen-bond acceptors (Lipinski definition) is 6. The van der Waals surface area contributed by atoms with Gasteiger partial charge < -0.3 is 16.0 Å². The van der Waals surface area contributed by atoms with Gasteiger partial charge in [-0.15, -0.1) is 10.2 Å². The maximum Gasteiger partial charge on any atom is 0.203 e. The van der Waals surface area contributed by atoms with Crippen molar-refractivity contribution in [3.63, 3.8) is 0 Å². The summed E-state index contributed by atoms with van der Waals surface area (Å²) in [7, 11) is 0. The molecule has 1 aliphatic rings. The molecule has 0 saturated carbocycles. The van der Waals surface area contributed by atoms with Crippen LogP contribution in [0.2, 0.25) is 0 Å². The highest BCUT2D eigenvalue weighted by Gasteiger charge is 2.10. The quantitative estimate of drug-likeness (QED) is 0.871. The van der Waals surface area contributed by atoms with Gasteiger partial charge in [0.1, 0.15) is 5.01 Å². The highest BCUT2D eigenvalue weighted by molar-refractivity contribution is 7.18. The Hall–Kier alpha value is -1.66. The van der Waals surface area contributed by atoms with Crippen LogP contribution in [0.3, 0.4) is 0 Å². The van der Waals surface area contributed by atoms with E-state index in [0.717, 1.165) is 36.8 Å². The second-order valence-corrected chi connectivity index (χ2v) is 5.59. The van der Waals surface area contributed by atoms with E-state index < -0.39 is 0 Å². The smallest absolute Gasteiger partial charge is 0.203 e. The molecule has 1 aliphatic heterocycles. The monoisotopic (exact) mass is 275 g/mol. The van der Waals surface area contributed by atoms with Crippen molar-refractivity contribution in [1.29, 1.82) is 0 Å². The number of rotatable bonds is 2. The number of nitrogens with one attached hydrogen (secondary N) is 1. The number of aromatic nitrogens is 2. The molecule has 2 heterocycles. The number of nitrogens with zero attached hydrogens (tertiary/aromatic N) is 3. The lowest BCUT2D eigenvalue weighted by Gasteiger charge is -2.22. The first-order valence-corrected chi connectivity index (χ1v) is 7.30. The van der Waals surface area contributed by atoms with Crippen molar-refractivity contribution in [2.24, 2.45) is 0 Å². The first kappa shape index (κ1) is 12.4. The summed E-state index contributed by atoms with van der Waals surface area (Å²) in [6.07, 6.45) is 1.19. The van der Waals surface area contributed by atoms with Crippen molar-refractivity contribution in [2.75, 3.05) is 36.8 Å². The van der Waals surface area contributed by atoms with Crippen molar-refractivity contribution < 1.29 is 0 Å². The van der Waals surface area contributed by atoms with E-state index >= 15 is 0 Å². The summed E-state index contributed by atoms with van der Waals surface area (Å²) in [6, 6.07) is 8.48. The molecule has 3 rings (SSSR count). The third-order valence-corrected chi connectivity index (χ3v) is 4.06. The van der Waals surface area contributed by atoms with E-state index in [2.05, 4.69) is 44.7 Å². The highest BCUT2D eigenvalue weighted by atomic mass is 32.1. The van der Waals surface area contributed by atoms with Gasteiger partial charge in [0.05, 0.1) is 0 Å². The Morgan fingerprint density at radius 3 is 2.68 bits per heavy atom. The van der Waals surface area contributed by atoms with Crippen LogP contribution in [-0.2, 0) is 0 Å². The molecule has 5 nitrogen and oxygen atoms in total. The first-order chi connectivity index (χ1) is 9.33. The Morgan fingerprint density at radius 2 is 1.95 bits per heavy atom. The van der Waals surface area contributed by atoms with Gasteiger partial charge in [0.15, 0.2) is 0 Å². The zero-order valence-corrected chi connectivity index (χ0v) is 11.5. The maximum atomic E-state index is 5.61. The molecule has 0 radical (unpaired) electrons. The van der Waals surface area contributed by atoms with Gasteiger partial charge in [0, 0.05) is 30.9 Å². The number of hydrogen-bond donors (Lipinski definition) is 2. The SMILES string of the molecule is Nc1nnc(-c2ccc(N3CCCNCC3)cc2)s1. The van der Waals surface area contributed by atoms with E-state index in [-0.39, 0.29) is 0 Å². The van der Waals surface area contributed by atoms with Crippen LogP contribution in [0.25, 0.3) is 10.6 Å². The number of nitrogens with two attached hydrogens (primary N) is 1. The standard InChI is InChI=1S/C13H17N5S/c14-13-17-16-12(19-13)10-2-4-11(5-3-10)18-8-1-6-15-7-9-18/h2-5,15H,1,6-9H2,(H2,14,17). The van der Waals surface area contributed by atoms with Gasteiger partial charge in [0.2, 0.25) is 5.13 Å². The molecular formula is C13H17N5S. The molecule has 0 bridgehead atoms. The van der Waals surface area contributed by atoms with Crippen molar-refractivity contribution in [3.8, 4) is 10.6 Å². The maximum absolute atomic E-state index is 5.61. The predicted molar refractivity (Wildman–Crippen MR) is 79.5 cm³/mol. The van der Waals surface area contributed by atoms with Crippen molar-refractivity contribution in [2.45, 2.75) is 6.42 Å². The molecule has 6 heteroatoms. The van der Waals surface area contributed by atoms with Gasteiger partial charge in [-0.05, 0) is 37.2 Å². The van der Waals surface area contributed by atoms with E-state index in [4.69, 9.17) is 5.73 Å². The number of nitrogen functional groups attached to an aromatic ring is 1. The minimum absolute atomic E-state index is 0.512. The Balaban J connectivity index is 1.78. The van der Waals surface area contributed by atoms with Crippen molar-refractivity contribution in [1.82, 2.24) is 15.5 Å². The lowest BCUT2D eigenvalue weighted by atomic mass is 10.2. The summed E-state index contributed by atoms with van der Waals surface area (Å²) < 4.78 is 0. The molecule has 0 spiro atoms. The van der Waals surface area contributed by atoms with Crippen LogP contribution in [0.5, 0.6) is 0 Å². The zero-order valence-electron chi connectivity index (χ0n) is 10.7. The number of anilines is 2. The largest absolute Gasteiger partial charge is 0.374 e. The van der Waals surface area contributed by atoms with E-state index in [1.807, 2.05) is 0 Å². The van der Waals surface area contributed by atoms with Gasteiger partial charge in [-0.2, -0.15) is 0 Å². The molecule has 3 N–H and O–H groups in total. The fraction of sp³-hybridized carbons (Fsp3) is 0.385. The molecule has 0 atom stereocenters. The Labute approximate surface area is 116 Å². The summed E-state index contributed by atoms with van der Waals surface area (Å²) in [6.45, 7) is 4.33. The average Bonchev–Trinajstić information content (AvgIpc) is 2.72. The lowest BCUT2D eigenvalue weighted by Crippen LogP contribution is -2.27. The van der Waals surface area contributed by atoms with E-state index in [0.29, 0.717) is 5.13 Å². The summed E-state index contributed by atoms with van der Waals surface area (Å²) in [5, 5.41) is 12.7. The molecule has 100 valence electrons. The predicted octanol–water partition coefficient (Wildman–Crippen LogP) is 1.59. The van der Waals surface area contributed by atoms with Crippen LogP contribution >= 0.6 is 11.3 Å². The van der Waals surface area contributed by atoms with Crippen LogP contribution in [0, 0.1) is 0 Å². The van der Waals surface area contributed by atoms with Crippen LogP contribution in [-0.4, -0.2) is 36.4 Å². The van der Waals surface area contributed by atoms with Gasteiger partial charge in [-0.3, -0.25) is 0 Å². The molecule has 19 heavy (non-hydrogen) atoms. The molecular weight excluding hydrogens is 258 g/mol. The molecule has 1 aromatic carbocycles. The summed E-state index contributed by atoms with van der Waals surface area (Å²) in [4.78, 5) is 2.41. The lowest BCUT2D eigenvalue weighted by molar-refractivity contribution is 0.724. The molecule has 1 aromatic heterocycles. The molecule has 0 aliphatic carbocycles. The van der Waals surface area contributed by atoms with Gasteiger partial charge in [-0.25, -0.2) is 0 Å². The van der Waals surface area contributed by atoms with Gasteiger partial charge in [0.25, 0.3) is 0 Å². The van der Waals surface area contributed by atoms with Gasteiger partial charge >= 0.3 is 0 Å². The third kappa shape index (κ3) is 2.85.